The van der Waals surface area contributed by atoms with Crippen molar-refractivity contribution in [1.82, 2.24) is 19.8 Å². The van der Waals surface area contributed by atoms with Crippen molar-refractivity contribution >= 4 is 11.5 Å². The van der Waals surface area contributed by atoms with Crippen LogP contribution in [0.1, 0.15) is 30.8 Å². The molecule has 0 amide bonds. The van der Waals surface area contributed by atoms with Crippen LogP contribution in [0.5, 0.6) is 0 Å². The first-order chi connectivity index (χ1) is 11.8. The van der Waals surface area contributed by atoms with E-state index in [4.69, 9.17) is 0 Å². The standard InChI is InChI=1S/C15H12F5N5/c1-2-11(9-7-8(16)3-4-10(9)17)21-12-5-6-13-22-23-14(15(18,19)20)25(13)24-12/h3-7,11H,2H2,1H3,(H,21,24). The zero-order valence-corrected chi connectivity index (χ0v) is 12.8. The molecule has 1 atom stereocenters. The molecule has 0 radical (unpaired) electrons. The Labute approximate surface area is 138 Å². The molecule has 1 N–H and O–H groups in total. The third-order valence-electron chi connectivity index (χ3n) is 3.58. The second kappa shape index (κ2) is 6.26. The number of hydrogen-bond acceptors (Lipinski definition) is 4. The molecule has 10 heteroatoms. The van der Waals surface area contributed by atoms with Gasteiger partial charge in [0.05, 0.1) is 6.04 Å². The number of halogens is 5. The molecular formula is C15H12F5N5. The van der Waals surface area contributed by atoms with E-state index in [0.29, 0.717) is 10.9 Å². The van der Waals surface area contributed by atoms with E-state index in [2.05, 4.69) is 20.6 Å². The second-order valence-electron chi connectivity index (χ2n) is 5.28. The summed E-state index contributed by atoms with van der Waals surface area (Å²) in [6.45, 7) is 1.72. The van der Waals surface area contributed by atoms with Gasteiger partial charge in [0.1, 0.15) is 17.5 Å². The van der Waals surface area contributed by atoms with E-state index in [1.807, 2.05) is 0 Å². The lowest BCUT2D eigenvalue weighted by Crippen LogP contribution is -2.16. The minimum atomic E-state index is -4.72. The van der Waals surface area contributed by atoms with Crippen LogP contribution in [0.4, 0.5) is 27.8 Å². The quantitative estimate of drug-likeness (QED) is 0.718. The molecule has 1 aromatic carbocycles. The Bertz CT molecular complexity index is 905. The van der Waals surface area contributed by atoms with E-state index in [1.54, 1.807) is 6.92 Å². The summed E-state index contributed by atoms with van der Waals surface area (Å²) in [5.41, 5.74) is -0.0212. The molecule has 132 valence electrons. The number of fused-ring (bicyclic) bond motifs is 1. The zero-order valence-electron chi connectivity index (χ0n) is 12.8. The lowest BCUT2D eigenvalue weighted by atomic mass is 10.0. The van der Waals surface area contributed by atoms with Crippen LogP contribution in [-0.4, -0.2) is 19.8 Å². The van der Waals surface area contributed by atoms with Crippen LogP contribution < -0.4 is 5.32 Å². The normalized spacial score (nSPS) is 13.2. The van der Waals surface area contributed by atoms with Gasteiger partial charge in [-0.15, -0.1) is 15.3 Å². The van der Waals surface area contributed by atoms with Gasteiger partial charge < -0.3 is 5.32 Å². The number of nitrogens with one attached hydrogen (secondary N) is 1. The lowest BCUT2D eigenvalue weighted by molar-refractivity contribution is -0.146. The molecule has 0 aliphatic heterocycles. The average Bonchev–Trinajstić information content (AvgIpc) is 2.98. The van der Waals surface area contributed by atoms with Crippen molar-refractivity contribution in [3.8, 4) is 0 Å². The van der Waals surface area contributed by atoms with E-state index in [-0.39, 0.29) is 17.0 Å². The maximum atomic E-state index is 13.9. The monoisotopic (exact) mass is 357 g/mol. The number of alkyl halides is 3. The van der Waals surface area contributed by atoms with Crippen molar-refractivity contribution in [3.05, 3.63) is 53.4 Å². The van der Waals surface area contributed by atoms with Gasteiger partial charge in [0.15, 0.2) is 5.65 Å². The molecule has 2 aromatic heterocycles. The minimum absolute atomic E-state index is 0.0494. The maximum Gasteiger partial charge on any atom is 0.453 e. The molecule has 5 nitrogen and oxygen atoms in total. The minimum Gasteiger partial charge on any atom is -0.362 e. The van der Waals surface area contributed by atoms with E-state index >= 15 is 0 Å². The van der Waals surface area contributed by atoms with Gasteiger partial charge in [-0.3, -0.25) is 0 Å². The second-order valence-corrected chi connectivity index (χ2v) is 5.28. The molecular weight excluding hydrogens is 345 g/mol. The molecule has 25 heavy (non-hydrogen) atoms. The molecule has 2 heterocycles. The van der Waals surface area contributed by atoms with Crippen molar-refractivity contribution in [3.63, 3.8) is 0 Å². The number of rotatable bonds is 4. The molecule has 0 aliphatic rings. The number of aromatic nitrogens is 4. The Morgan fingerprint density at radius 3 is 2.56 bits per heavy atom. The summed E-state index contributed by atoms with van der Waals surface area (Å²) in [6.07, 6.45) is -4.36. The largest absolute Gasteiger partial charge is 0.453 e. The Balaban J connectivity index is 1.97. The summed E-state index contributed by atoms with van der Waals surface area (Å²) in [4.78, 5) is 0. The van der Waals surface area contributed by atoms with Gasteiger partial charge in [-0.05, 0) is 36.8 Å². The lowest BCUT2D eigenvalue weighted by Gasteiger charge is -2.19. The number of nitrogens with zero attached hydrogens (tertiary/aromatic N) is 4. The van der Waals surface area contributed by atoms with E-state index in [1.165, 1.54) is 12.1 Å². The van der Waals surface area contributed by atoms with Crippen LogP contribution in [0.15, 0.2) is 30.3 Å². The van der Waals surface area contributed by atoms with Crippen molar-refractivity contribution in [1.29, 1.82) is 0 Å². The Morgan fingerprint density at radius 1 is 1.12 bits per heavy atom. The highest BCUT2D eigenvalue weighted by Gasteiger charge is 2.37. The van der Waals surface area contributed by atoms with Crippen LogP contribution >= 0.6 is 0 Å². The van der Waals surface area contributed by atoms with Crippen LogP contribution in [-0.2, 0) is 6.18 Å². The molecule has 0 spiro atoms. The van der Waals surface area contributed by atoms with Crippen molar-refractivity contribution in [2.75, 3.05) is 5.32 Å². The SMILES string of the molecule is CCC(Nc1ccc2nnc(C(F)(F)F)n2n1)c1cc(F)ccc1F. The van der Waals surface area contributed by atoms with Gasteiger partial charge in [0.25, 0.3) is 5.82 Å². The molecule has 0 saturated carbocycles. The fourth-order valence-corrected chi connectivity index (χ4v) is 2.40. The molecule has 0 fully saturated rings. The van der Waals surface area contributed by atoms with E-state index in [0.717, 1.165) is 18.2 Å². The highest BCUT2D eigenvalue weighted by Crippen LogP contribution is 2.29. The Hall–Kier alpha value is -2.78. The number of anilines is 1. The van der Waals surface area contributed by atoms with Crippen molar-refractivity contribution in [2.45, 2.75) is 25.6 Å². The highest BCUT2D eigenvalue weighted by atomic mass is 19.4. The number of hydrogen-bond donors (Lipinski definition) is 1. The van der Waals surface area contributed by atoms with Gasteiger partial charge >= 0.3 is 6.18 Å². The molecule has 0 aliphatic carbocycles. The molecule has 3 rings (SSSR count). The molecule has 0 saturated heterocycles. The third-order valence-corrected chi connectivity index (χ3v) is 3.58. The van der Waals surface area contributed by atoms with Gasteiger partial charge in [0.2, 0.25) is 0 Å². The predicted molar refractivity (Wildman–Crippen MR) is 78.8 cm³/mol. The van der Waals surface area contributed by atoms with Gasteiger partial charge in [0, 0.05) is 5.56 Å². The summed E-state index contributed by atoms with van der Waals surface area (Å²) >= 11 is 0. The fraction of sp³-hybridized carbons (Fsp3) is 0.267. The summed E-state index contributed by atoms with van der Waals surface area (Å²) < 4.78 is 66.6. The van der Waals surface area contributed by atoms with Crippen LogP contribution in [0.25, 0.3) is 5.65 Å². The maximum absolute atomic E-state index is 13.9. The first kappa shape index (κ1) is 17.1. The van der Waals surface area contributed by atoms with Gasteiger partial charge in [-0.2, -0.15) is 17.7 Å². The van der Waals surface area contributed by atoms with Crippen LogP contribution in [0, 0.1) is 11.6 Å². The predicted octanol–water partition coefficient (Wildman–Crippen LogP) is 3.98. The average molecular weight is 357 g/mol. The summed E-state index contributed by atoms with van der Waals surface area (Å²) in [7, 11) is 0. The summed E-state index contributed by atoms with van der Waals surface area (Å²) in [5, 5.41) is 13.1. The zero-order chi connectivity index (χ0) is 18.2. The molecule has 3 aromatic rings. The summed E-state index contributed by atoms with van der Waals surface area (Å²) in [5.74, 6) is -2.45. The third kappa shape index (κ3) is 3.37. The first-order valence-corrected chi connectivity index (χ1v) is 7.30. The van der Waals surface area contributed by atoms with E-state index < -0.39 is 29.7 Å². The van der Waals surface area contributed by atoms with Crippen molar-refractivity contribution in [2.24, 2.45) is 0 Å². The van der Waals surface area contributed by atoms with E-state index in [9.17, 15) is 22.0 Å². The van der Waals surface area contributed by atoms with Crippen LogP contribution in [0.2, 0.25) is 0 Å². The number of benzene rings is 1. The van der Waals surface area contributed by atoms with Gasteiger partial charge in [-0.25, -0.2) is 8.78 Å². The highest BCUT2D eigenvalue weighted by molar-refractivity contribution is 5.45. The van der Waals surface area contributed by atoms with Crippen molar-refractivity contribution < 1.29 is 22.0 Å². The summed E-state index contributed by atoms with van der Waals surface area (Å²) in [6, 6.07) is 5.03. The molecule has 1 unspecified atom stereocenters. The smallest absolute Gasteiger partial charge is 0.362 e. The first-order valence-electron chi connectivity index (χ1n) is 7.30. The van der Waals surface area contributed by atoms with Crippen LogP contribution in [0.3, 0.4) is 0 Å². The molecule has 0 bridgehead atoms. The van der Waals surface area contributed by atoms with Gasteiger partial charge in [-0.1, -0.05) is 6.92 Å². The Morgan fingerprint density at radius 2 is 1.88 bits per heavy atom. The topological polar surface area (TPSA) is 55.1 Å². The fourth-order valence-electron chi connectivity index (χ4n) is 2.40. The Kier molecular flexibility index (Phi) is 4.27.